The summed E-state index contributed by atoms with van der Waals surface area (Å²) in [5.74, 6) is -0.202. The Morgan fingerprint density at radius 2 is 1.71 bits per heavy atom. The SMILES string of the molecule is Fc1ccc(C(NC2CCCOC2)c2ccccc2)cc1. The molecule has 0 aliphatic carbocycles. The molecule has 2 nitrogen and oxygen atoms in total. The molecule has 1 fully saturated rings. The Bertz CT molecular complexity index is 549. The van der Waals surface area contributed by atoms with E-state index in [1.807, 2.05) is 30.3 Å². The van der Waals surface area contributed by atoms with E-state index in [4.69, 9.17) is 4.74 Å². The van der Waals surface area contributed by atoms with E-state index in [1.165, 1.54) is 17.7 Å². The Labute approximate surface area is 125 Å². The molecular formula is C18H20FNO. The summed E-state index contributed by atoms with van der Waals surface area (Å²) in [7, 11) is 0. The lowest BCUT2D eigenvalue weighted by atomic mass is 9.97. The van der Waals surface area contributed by atoms with Gasteiger partial charge in [-0.15, -0.1) is 0 Å². The summed E-state index contributed by atoms with van der Waals surface area (Å²) in [5.41, 5.74) is 2.27. The zero-order valence-electron chi connectivity index (χ0n) is 12.0. The molecule has 0 radical (unpaired) electrons. The average Bonchev–Trinajstić information content (AvgIpc) is 2.55. The second kappa shape index (κ2) is 6.83. The Morgan fingerprint density at radius 3 is 2.38 bits per heavy atom. The molecule has 0 bridgehead atoms. The van der Waals surface area contributed by atoms with Gasteiger partial charge in [-0.2, -0.15) is 0 Å². The van der Waals surface area contributed by atoms with Gasteiger partial charge in [0, 0.05) is 12.6 Å². The van der Waals surface area contributed by atoms with Gasteiger partial charge in [0.2, 0.25) is 0 Å². The van der Waals surface area contributed by atoms with Crippen LogP contribution in [0.15, 0.2) is 54.6 Å². The maximum Gasteiger partial charge on any atom is 0.123 e. The highest BCUT2D eigenvalue weighted by Crippen LogP contribution is 2.24. The molecule has 3 rings (SSSR count). The fraction of sp³-hybridized carbons (Fsp3) is 0.333. The molecule has 1 N–H and O–H groups in total. The van der Waals surface area contributed by atoms with Crippen LogP contribution in [0.25, 0.3) is 0 Å². The number of rotatable bonds is 4. The van der Waals surface area contributed by atoms with Gasteiger partial charge in [0.1, 0.15) is 5.82 Å². The average molecular weight is 285 g/mol. The molecule has 0 amide bonds. The Kier molecular flexibility index (Phi) is 4.63. The molecular weight excluding hydrogens is 265 g/mol. The second-order valence-electron chi connectivity index (χ2n) is 5.48. The summed E-state index contributed by atoms with van der Waals surface area (Å²) < 4.78 is 18.7. The lowest BCUT2D eigenvalue weighted by molar-refractivity contribution is 0.0679. The normalized spacial score (nSPS) is 20.1. The van der Waals surface area contributed by atoms with Crippen LogP contribution in [-0.4, -0.2) is 19.3 Å². The van der Waals surface area contributed by atoms with Crippen LogP contribution in [0.2, 0.25) is 0 Å². The Balaban J connectivity index is 1.85. The second-order valence-corrected chi connectivity index (χ2v) is 5.48. The van der Waals surface area contributed by atoms with E-state index in [2.05, 4.69) is 17.4 Å². The zero-order valence-corrected chi connectivity index (χ0v) is 12.0. The summed E-state index contributed by atoms with van der Waals surface area (Å²) in [6, 6.07) is 17.4. The van der Waals surface area contributed by atoms with Crippen molar-refractivity contribution in [2.45, 2.75) is 24.9 Å². The number of benzene rings is 2. The Hall–Kier alpha value is -1.71. The van der Waals surface area contributed by atoms with Crippen LogP contribution in [0.1, 0.15) is 30.0 Å². The van der Waals surface area contributed by atoms with Gasteiger partial charge in [-0.1, -0.05) is 42.5 Å². The minimum atomic E-state index is -0.202. The summed E-state index contributed by atoms with van der Waals surface area (Å²) in [6.45, 7) is 1.59. The molecule has 0 spiro atoms. The van der Waals surface area contributed by atoms with Crippen molar-refractivity contribution in [2.24, 2.45) is 0 Å². The van der Waals surface area contributed by atoms with Crippen LogP contribution < -0.4 is 5.32 Å². The summed E-state index contributed by atoms with van der Waals surface area (Å²) >= 11 is 0. The molecule has 1 heterocycles. The lowest BCUT2D eigenvalue weighted by Crippen LogP contribution is -2.39. The molecule has 3 heteroatoms. The van der Waals surface area contributed by atoms with Gasteiger partial charge in [0.25, 0.3) is 0 Å². The first-order valence-electron chi connectivity index (χ1n) is 7.47. The van der Waals surface area contributed by atoms with Crippen molar-refractivity contribution in [2.75, 3.05) is 13.2 Å². The zero-order chi connectivity index (χ0) is 14.5. The first-order chi connectivity index (χ1) is 10.3. The van der Waals surface area contributed by atoms with E-state index in [0.29, 0.717) is 6.04 Å². The third-order valence-electron chi connectivity index (χ3n) is 3.90. The minimum Gasteiger partial charge on any atom is -0.380 e. The fourth-order valence-electron chi connectivity index (χ4n) is 2.79. The molecule has 1 saturated heterocycles. The van der Waals surface area contributed by atoms with Gasteiger partial charge in [0.05, 0.1) is 12.6 Å². The van der Waals surface area contributed by atoms with Crippen molar-refractivity contribution in [3.63, 3.8) is 0 Å². The van der Waals surface area contributed by atoms with E-state index in [0.717, 1.165) is 31.6 Å². The van der Waals surface area contributed by atoms with Crippen LogP contribution in [0.5, 0.6) is 0 Å². The predicted molar refractivity (Wildman–Crippen MR) is 81.7 cm³/mol. The van der Waals surface area contributed by atoms with Crippen LogP contribution in [0.4, 0.5) is 4.39 Å². The van der Waals surface area contributed by atoms with Crippen LogP contribution in [-0.2, 0) is 4.74 Å². The topological polar surface area (TPSA) is 21.3 Å². The quantitative estimate of drug-likeness (QED) is 0.925. The maximum absolute atomic E-state index is 13.2. The Morgan fingerprint density at radius 1 is 1.00 bits per heavy atom. The smallest absolute Gasteiger partial charge is 0.123 e. The van der Waals surface area contributed by atoms with E-state index in [1.54, 1.807) is 0 Å². The molecule has 2 aromatic carbocycles. The van der Waals surface area contributed by atoms with Gasteiger partial charge in [-0.05, 0) is 36.1 Å². The van der Waals surface area contributed by atoms with Gasteiger partial charge >= 0.3 is 0 Å². The largest absolute Gasteiger partial charge is 0.380 e. The van der Waals surface area contributed by atoms with Crippen LogP contribution >= 0.6 is 0 Å². The van der Waals surface area contributed by atoms with E-state index < -0.39 is 0 Å². The molecule has 0 saturated carbocycles. The molecule has 2 unspecified atom stereocenters. The molecule has 21 heavy (non-hydrogen) atoms. The van der Waals surface area contributed by atoms with E-state index in [-0.39, 0.29) is 11.9 Å². The summed E-state index contributed by atoms with van der Waals surface area (Å²) in [6.07, 6.45) is 2.20. The van der Waals surface area contributed by atoms with E-state index >= 15 is 0 Å². The molecule has 110 valence electrons. The maximum atomic E-state index is 13.2. The van der Waals surface area contributed by atoms with Crippen molar-refractivity contribution in [3.05, 3.63) is 71.5 Å². The molecule has 2 aromatic rings. The van der Waals surface area contributed by atoms with Crippen molar-refractivity contribution in [3.8, 4) is 0 Å². The van der Waals surface area contributed by atoms with Crippen molar-refractivity contribution >= 4 is 0 Å². The van der Waals surface area contributed by atoms with E-state index in [9.17, 15) is 4.39 Å². The highest BCUT2D eigenvalue weighted by Gasteiger charge is 2.20. The number of hydrogen-bond donors (Lipinski definition) is 1. The van der Waals surface area contributed by atoms with Gasteiger partial charge < -0.3 is 10.1 Å². The fourth-order valence-corrected chi connectivity index (χ4v) is 2.79. The number of nitrogens with one attached hydrogen (secondary N) is 1. The third-order valence-corrected chi connectivity index (χ3v) is 3.90. The van der Waals surface area contributed by atoms with Crippen LogP contribution in [0.3, 0.4) is 0 Å². The summed E-state index contributed by atoms with van der Waals surface area (Å²) in [4.78, 5) is 0. The lowest BCUT2D eigenvalue weighted by Gasteiger charge is -2.29. The minimum absolute atomic E-state index is 0.0681. The van der Waals surface area contributed by atoms with Gasteiger partial charge in [-0.3, -0.25) is 0 Å². The predicted octanol–water partition coefficient (Wildman–Crippen LogP) is 3.68. The monoisotopic (exact) mass is 285 g/mol. The summed E-state index contributed by atoms with van der Waals surface area (Å²) in [5, 5.41) is 3.66. The first kappa shape index (κ1) is 14.2. The molecule has 2 atom stereocenters. The van der Waals surface area contributed by atoms with Crippen molar-refractivity contribution in [1.82, 2.24) is 5.32 Å². The van der Waals surface area contributed by atoms with Gasteiger partial charge in [0.15, 0.2) is 0 Å². The van der Waals surface area contributed by atoms with Crippen molar-refractivity contribution in [1.29, 1.82) is 0 Å². The molecule has 1 aliphatic rings. The number of halogens is 1. The van der Waals surface area contributed by atoms with Crippen LogP contribution in [0, 0.1) is 5.82 Å². The number of ether oxygens (including phenoxy) is 1. The molecule has 1 aliphatic heterocycles. The standard InChI is InChI=1S/C18H20FNO/c19-16-10-8-15(9-11-16)18(14-5-2-1-3-6-14)20-17-7-4-12-21-13-17/h1-3,5-6,8-11,17-18,20H,4,7,12-13H2. The highest BCUT2D eigenvalue weighted by molar-refractivity contribution is 5.32. The van der Waals surface area contributed by atoms with Gasteiger partial charge in [-0.25, -0.2) is 4.39 Å². The molecule has 0 aromatic heterocycles. The first-order valence-corrected chi connectivity index (χ1v) is 7.47. The van der Waals surface area contributed by atoms with Crippen molar-refractivity contribution < 1.29 is 9.13 Å². The number of hydrogen-bond acceptors (Lipinski definition) is 2. The third kappa shape index (κ3) is 3.69. The highest BCUT2D eigenvalue weighted by atomic mass is 19.1.